The molecule has 2 aromatic carbocycles. The minimum Gasteiger partial charge on any atom is -0.379 e. The number of nitrogens with zero attached hydrogens (tertiary/aromatic N) is 3. The second kappa shape index (κ2) is 12.3. The van der Waals surface area contributed by atoms with Gasteiger partial charge in [0.1, 0.15) is 5.82 Å². The Morgan fingerprint density at radius 3 is 2.60 bits per heavy atom. The van der Waals surface area contributed by atoms with Gasteiger partial charge in [0.25, 0.3) is 5.91 Å². The molecule has 0 radical (unpaired) electrons. The number of ether oxygens (including phenoxy) is 2. The molecule has 0 bridgehead atoms. The van der Waals surface area contributed by atoms with Crippen molar-refractivity contribution in [3.05, 3.63) is 64.9 Å². The predicted molar refractivity (Wildman–Crippen MR) is 131 cm³/mol. The fourth-order valence-corrected chi connectivity index (χ4v) is 4.36. The van der Waals surface area contributed by atoms with Gasteiger partial charge in [-0.25, -0.2) is 9.18 Å². The molecule has 1 N–H and O–H groups in total. The summed E-state index contributed by atoms with van der Waals surface area (Å²) in [5, 5.41) is 3.40. The molecule has 3 amide bonds. The van der Waals surface area contributed by atoms with Crippen LogP contribution in [0.2, 0.25) is 5.02 Å². The molecule has 0 aliphatic carbocycles. The number of nitrogens with one attached hydrogen (secondary N) is 1. The lowest BCUT2D eigenvalue weighted by molar-refractivity contribution is -0.0282. The quantitative estimate of drug-likeness (QED) is 0.627. The maximum Gasteiger partial charge on any atom is 0.322 e. The first kappa shape index (κ1) is 25.4. The van der Waals surface area contributed by atoms with Crippen molar-refractivity contribution in [1.82, 2.24) is 14.7 Å². The van der Waals surface area contributed by atoms with Crippen LogP contribution in [0, 0.1) is 5.82 Å². The summed E-state index contributed by atoms with van der Waals surface area (Å²) in [4.78, 5) is 31.8. The largest absolute Gasteiger partial charge is 0.379 e. The Morgan fingerprint density at radius 1 is 1.09 bits per heavy atom. The molecule has 0 unspecified atom stereocenters. The maximum absolute atomic E-state index is 13.4. The summed E-state index contributed by atoms with van der Waals surface area (Å²) >= 11 is 6.02. The van der Waals surface area contributed by atoms with Gasteiger partial charge >= 0.3 is 6.03 Å². The van der Waals surface area contributed by atoms with Crippen molar-refractivity contribution in [2.75, 3.05) is 71.0 Å². The van der Waals surface area contributed by atoms with E-state index in [0.29, 0.717) is 68.8 Å². The summed E-state index contributed by atoms with van der Waals surface area (Å²) in [6, 6.07) is 12.3. The van der Waals surface area contributed by atoms with Crippen molar-refractivity contribution in [3.8, 4) is 0 Å². The molecule has 2 heterocycles. The summed E-state index contributed by atoms with van der Waals surface area (Å²) in [6.07, 6.45) is -0.344. The van der Waals surface area contributed by atoms with E-state index in [0.717, 1.165) is 13.1 Å². The van der Waals surface area contributed by atoms with Crippen molar-refractivity contribution >= 4 is 29.2 Å². The Morgan fingerprint density at radius 2 is 1.86 bits per heavy atom. The Hall–Kier alpha value is -2.72. The summed E-state index contributed by atoms with van der Waals surface area (Å²) in [5.41, 5.74) is 1.03. The number of hydrogen-bond acceptors (Lipinski definition) is 5. The van der Waals surface area contributed by atoms with Crippen LogP contribution in [0.25, 0.3) is 0 Å². The van der Waals surface area contributed by atoms with Gasteiger partial charge in [0.05, 0.1) is 32.5 Å². The van der Waals surface area contributed by atoms with Crippen LogP contribution in [0.5, 0.6) is 0 Å². The van der Waals surface area contributed by atoms with Crippen molar-refractivity contribution in [2.45, 2.75) is 6.10 Å². The van der Waals surface area contributed by atoms with Crippen molar-refractivity contribution in [2.24, 2.45) is 0 Å². The minimum atomic E-state index is -0.390. The number of rotatable bonds is 7. The molecule has 1 atom stereocenters. The molecule has 2 saturated heterocycles. The summed E-state index contributed by atoms with van der Waals surface area (Å²) < 4.78 is 24.7. The standard InChI is InChI=1S/C25H30ClFN4O4/c26-20-2-1-3-22(16-20)28-25(33)31-12-15-35-23(18-31)17-30(9-8-29-10-13-34-14-11-29)24(32)19-4-6-21(27)7-5-19/h1-7,16,23H,8-15,17-18H2,(H,28,33)/t23-/m0/s1. The Balaban J connectivity index is 1.40. The second-order valence-corrected chi connectivity index (χ2v) is 9.03. The smallest absolute Gasteiger partial charge is 0.322 e. The van der Waals surface area contributed by atoms with Crippen molar-refractivity contribution in [1.29, 1.82) is 0 Å². The number of halogens is 2. The summed E-state index contributed by atoms with van der Waals surface area (Å²) in [6.45, 7) is 5.65. The Bertz CT molecular complexity index is 1000. The third kappa shape index (κ3) is 7.38. The van der Waals surface area contributed by atoms with Crippen LogP contribution in [0.3, 0.4) is 0 Å². The molecule has 8 nitrogen and oxygen atoms in total. The number of carbonyl (C=O) groups is 2. The molecule has 0 saturated carbocycles. The van der Waals surface area contributed by atoms with E-state index in [1.54, 1.807) is 34.1 Å². The summed E-state index contributed by atoms with van der Waals surface area (Å²) in [7, 11) is 0. The Labute approximate surface area is 209 Å². The molecule has 10 heteroatoms. The Kier molecular flexibility index (Phi) is 8.92. The topological polar surface area (TPSA) is 74.4 Å². The second-order valence-electron chi connectivity index (χ2n) is 8.59. The van der Waals surface area contributed by atoms with Crippen molar-refractivity contribution in [3.63, 3.8) is 0 Å². The predicted octanol–water partition coefficient (Wildman–Crippen LogP) is 3.19. The lowest BCUT2D eigenvalue weighted by atomic mass is 10.1. The average Bonchev–Trinajstić information content (AvgIpc) is 2.87. The first-order valence-corrected chi connectivity index (χ1v) is 12.1. The van der Waals surface area contributed by atoms with Gasteiger partial charge in [-0.2, -0.15) is 0 Å². The normalized spacial score (nSPS) is 18.8. The highest BCUT2D eigenvalue weighted by atomic mass is 35.5. The van der Waals surface area contributed by atoms with Crippen molar-refractivity contribution < 1.29 is 23.5 Å². The highest BCUT2D eigenvalue weighted by Gasteiger charge is 2.28. The van der Waals surface area contributed by atoms with E-state index >= 15 is 0 Å². The molecule has 35 heavy (non-hydrogen) atoms. The molecule has 2 aliphatic rings. The molecule has 188 valence electrons. The first-order chi connectivity index (χ1) is 17.0. The number of carbonyl (C=O) groups excluding carboxylic acids is 2. The molecule has 0 spiro atoms. The van der Waals surface area contributed by atoms with E-state index in [1.165, 1.54) is 24.3 Å². The zero-order chi connectivity index (χ0) is 24.6. The van der Waals surface area contributed by atoms with Gasteiger partial charge in [-0.15, -0.1) is 0 Å². The highest BCUT2D eigenvalue weighted by Crippen LogP contribution is 2.17. The van der Waals surface area contributed by atoms with Crippen LogP contribution in [0.15, 0.2) is 48.5 Å². The number of morpholine rings is 2. The van der Waals surface area contributed by atoms with Gasteiger partial charge in [-0.05, 0) is 42.5 Å². The van der Waals surface area contributed by atoms with E-state index < -0.39 is 5.82 Å². The lowest BCUT2D eigenvalue weighted by Crippen LogP contribution is -2.52. The van der Waals surface area contributed by atoms with Gasteiger partial charge in [0.2, 0.25) is 0 Å². The van der Waals surface area contributed by atoms with Crippen LogP contribution in [-0.4, -0.2) is 98.4 Å². The number of hydrogen-bond donors (Lipinski definition) is 1. The molecule has 2 fully saturated rings. The highest BCUT2D eigenvalue weighted by molar-refractivity contribution is 6.30. The number of amides is 3. The molecule has 0 aromatic heterocycles. The third-order valence-corrected chi connectivity index (χ3v) is 6.33. The van der Waals surface area contributed by atoms with Crippen LogP contribution in [0.4, 0.5) is 14.9 Å². The van der Waals surface area contributed by atoms with E-state index in [2.05, 4.69) is 10.2 Å². The van der Waals surface area contributed by atoms with E-state index in [9.17, 15) is 14.0 Å². The van der Waals surface area contributed by atoms with E-state index in [-0.39, 0.29) is 18.0 Å². The third-order valence-electron chi connectivity index (χ3n) is 6.09. The molecule has 2 aromatic rings. The van der Waals surface area contributed by atoms with Gasteiger partial charge in [-0.1, -0.05) is 17.7 Å². The fraction of sp³-hybridized carbons (Fsp3) is 0.440. The van der Waals surface area contributed by atoms with Gasteiger partial charge in [-0.3, -0.25) is 9.69 Å². The number of anilines is 1. The SMILES string of the molecule is O=C(Nc1cccc(Cl)c1)N1CCO[C@@H](CN(CCN2CCOCC2)C(=O)c2ccc(F)cc2)C1. The van der Waals surface area contributed by atoms with E-state index in [1.807, 2.05) is 0 Å². The molecular formula is C25H30ClFN4O4. The average molecular weight is 505 g/mol. The zero-order valence-corrected chi connectivity index (χ0v) is 20.3. The van der Waals surface area contributed by atoms with Gasteiger partial charge in [0.15, 0.2) is 0 Å². The first-order valence-electron chi connectivity index (χ1n) is 11.8. The lowest BCUT2D eigenvalue weighted by Gasteiger charge is -2.36. The van der Waals surface area contributed by atoms with Crippen LogP contribution < -0.4 is 5.32 Å². The van der Waals surface area contributed by atoms with Crippen LogP contribution in [0.1, 0.15) is 10.4 Å². The monoisotopic (exact) mass is 504 g/mol. The molecule has 4 rings (SSSR count). The fourth-order valence-electron chi connectivity index (χ4n) is 4.17. The van der Waals surface area contributed by atoms with Crippen LogP contribution >= 0.6 is 11.6 Å². The van der Waals surface area contributed by atoms with Gasteiger partial charge in [0, 0.05) is 55.5 Å². The summed E-state index contributed by atoms with van der Waals surface area (Å²) in [5.74, 6) is -0.583. The van der Waals surface area contributed by atoms with Crippen LogP contribution in [-0.2, 0) is 9.47 Å². The zero-order valence-electron chi connectivity index (χ0n) is 19.5. The number of urea groups is 1. The maximum atomic E-state index is 13.4. The van der Waals surface area contributed by atoms with Gasteiger partial charge < -0.3 is 24.6 Å². The molecular weight excluding hydrogens is 475 g/mol. The molecule has 2 aliphatic heterocycles. The van der Waals surface area contributed by atoms with E-state index in [4.69, 9.17) is 21.1 Å². The number of benzene rings is 2. The minimum absolute atomic E-state index is 0.192.